The Morgan fingerprint density at radius 1 is 1.33 bits per heavy atom. The van der Waals surface area contributed by atoms with Crippen molar-refractivity contribution in [3.63, 3.8) is 0 Å². The highest BCUT2D eigenvalue weighted by Gasteiger charge is 2.36. The molecule has 1 aromatic carbocycles. The first-order valence-electron chi connectivity index (χ1n) is 9.12. The fourth-order valence-electron chi connectivity index (χ4n) is 3.68. The molecule has 1 atom stereocenters. The van der Waals surface area contributed by atoms with Crippen LogP contribution in [0.1, 0.15) is 28.5 Å². The van der Waals surface area contributed by atoms with Gasteiger partial charge in [-0.15, -0.1) is 0 Å². The number of methoxy groups -OCH3 is 1. The van der Waals surface area contributed by atoms with E-state index in [1.807, 2.05) is 19.1 Å². The second-order valence-electron chi connectivity index (χ2n) is 6.85. The molecule has 2 aromatic heterocycles. The lowest BCUT2D eigenvalue weighted by Gasteiger charge is -2.28. The van der Waals surface area contributed by atoms with E-state index in [9.17, 15) is 10.1 Å². The Bertz CT molecular complexity index is 1250. The molecule has 3 aromatic rings. The molecule has 4 rings (SSSR count). The standard InChI is InChI=1S/C22H18BrN3O4/c1-12-8-18-20(22(27)26(12)11-14-4-3-7-29-14)19(16(10-24)21(25)30-18)15-9-13(23)5-6-17(15)28-2/h3-9,19H,11,25H2,1-2H3/t19-/m0/s1. The summed E-state index contributed by atoms with van der Waals surface area (Å²) in [6, 6.07) is 12.8. The summed E-state index contributed by atoms with van der Waals surface area (Å²) in [7, 11) is 1.54. The Morgan fingerprint density at radius 2 is 2.13 bits per heavy atom. The normalized spacial score (nSPS) is 15.3. The molecule has 0 aliphatic carbocycles. The van der Waals surface area contributed by atoms with E-state index in [0.717, 1.165) is 4.47 Å². The van der Waals surface area contributed by atoms with E-state index in [4.69, 9.17) is 19.6 Å². The highest BCUT2D eigenvalue weighted by Crippen LogP contribution is 2.44. The summed E-state index contributed by atoms with van der Waals surface area (Å²) >= 11 is 3.46. The maximum atomic E-state index is 13.6. The lowest BCUT2D eigenvalue weighted by Crippen LogP contribution is -2.33. The van der Waals surface area contributed by atoms with Crippen LogP contribution in [0.15, 0.2) is 67.8 Å². The van der Waals surface area contributed by atoms with Gasteiger partial charge < -0.3 is 24.2 Å². The smallest absolute Gasteiger partial charge is 0.259 e. The minimum absolute atomic E-state index is 0.0281. The molecule has 0 fully saturated rings. The predicted octanol–water partition coefficient (Wildman–Crippen LogP) is 3.79. The Balaban J connectivity index is 1.99. The SMILES string of the molecule is COc1ccc(Br)cc1[C@H]1C(C#N)=C(N)Oc2cc(C)n(Cc3ccco3)c(=O)c21. The Hall–Kier alpha value is -3.44. The van der Waals surface area contributed by atoms with Crippen LogP contribution in [0, 0.1) is 18.3 Å². The van der Waals surface area contributed by atoms with Crippen molar-refractivity contribution in [2.24, 2.45) is 5.73 Å². The fourth-order valence-corrected chi connectivity index (χ4v) is 4.06. The number of fused-ring (bicyclic) bond motifs is 1. The zero-order valence-electron chi connectivity index (χ0n) is 16.3. The number of allylic oxidation sites excluding steroid dienone is 1. The first kappa shape index (κ1) is 19.9. The molecule has 0 radical (unpaired) electrons. The number of ether oxygens (including phenoxy) is 2. The van der Waals surface area contributed by atoms with Gasteiger partial charge in [0.05, 0.1) is 31.4 Å². The van der Waals surface area contributed by atoms with Crippen LogP contribution < -0.4 is 20.8 Å². The number of aryl methyl sites for hydroxylation is 1. The molecule has 1 aliphatic rings. The van der Waals surface area contributed by atoms with E-state index in [1.165, 1.54) is 7.11 Å². The van der Waals surface area contributed by atoms with E-state index in [0.29, 0.717) is 34.1 Å². The van der Waals surface area contributed by atoms with Crippen molar-refractivity contribution in [2.75, 3.05) is 7.11 Å². The Morgan fingerprint density at radius 3 is 2.80 bits per heavy atom. The van der Waals surface area contributed by atoms with Gasteiger partial charge >= 0.3 is 0 Å². The maximum Gasteiger partial charge on any atom is 0.259 e. The number of benzene rings is 1. The number of nitrogens with two attached hydrogens (primary N) is 1. The number of rotatable bonds is 4. The molecular formula is C22H18BrN3O4. The summed E-state index contributed by atoms with van der Waals surface area (Å²) in [6.45, 7) is 2.07. The van der Waals surface area contributed by atoms with Crippen molar-refractivity contribution < 1.29 is 13.9 Å². The third-order valence-electron chi connectivity index (χ3n) is 5.09. The van der Waals surface area contributed by atoms with Crippen molar-refractivity contribution >= 4 is 15.9 Å². The van der Waals surface area contributed by atoms with Crippen molar-refractivity contribution in [1.82, 2.24) is 4.57 Å². The van der Waals surface area contributed by atoms with Crippen molar-refractivity contribution in [3.8, 4) is 17.6 Å². The second-order valence-corrected chi connectivity index (χ2v) is 7.76. The summed E-state index contributed by atoms with van der Waals surface area (Å²) in [5, 5.41) is 9.83. The molecule has 0 saturated heterocycles. The fraction of sp³-hybridized carbons (Fsp3) is 0.182. The van der Waals surface area contributed by atoms with Gasteiger partial charge in [-0.25, -0.2) is 0 Å². The van der Waals surface area contributed by atoms with Gasteiger partial charge in [-0.3, -0.25) is 4.79 Å². The maximum absolute atomic E-state index is 13.6. The molecule has 8 heteroatoms. The molecule has 0 amide bonds. The summed E-state index contributed by atoms with van der Waals surface area (Å²) in [6.07, 6.45) is 1.56. The number of nitrogens with zero attached hydrogens (tertiary/aromatic N) is 2. The number of furan rings is 1. The molecule has 0 bridgehead atoms. The van der Waals surface area contributed by atoms with Crippen molar-refractivity contribution in [3.05, 3.63) is 91.5 Å². The number of nitriles is 1. The number of hydrogen-bond donors (Lipinski definition) is 1. The van der Waals surface area contributed by atoms with Gasteiger partial charge in [0.2, 0.25) is 5.88 Å². The lowest BCUT2D eigenvalue weighted by molar-refractivity contribution is 0.382. The molecule has 0 spiro atoms. The summed E-state index contributed by atoms with van der Waals surface area (Å²) < 4.78 is 19.0. The van der Waals surface area contributed by atoms with E-state index in [2.05, 4.69) is 22.0 Å². The number of hydrogen-bond acceptors (Lipinski definition) is 6. The van der Waals surface area contributed by atoms with Crippen LogP contribution in [-0.4, -0.2) is 11.7 Å². The number of pyridine rings is 1. The van der Waals surface area contributed by atoms with Gasteiger partial charge in [-0.05, 0) is 37.3 Å². The largest absolute Gasteiger partial charge is 0.496 e. The summed E-state index contributed by atoms with van der Waals surface area (Å²) in [4.78, 5) is 13.6. The molecule has 1 aliphatic heterocycles. The quantitative estimate of drug-likeness (QED) is 0.625. The average molecular weight is 468 g/mol. The van der Waals surface area contributed by atoms with E-state index >= 15 is 0 Å². The van der Waals surface area contributed by atoms with Gasteiger partial charge in [0, 0.05) is 21.8 Å². The third-order valence-corrected chi connectivity index (χ3v) is 5.58. The average Bonchev–Trinajstić information content (AvgIpc) is 3.23. The molecule has 3 heterocycles. The van der Waals surface area contributed by atoms with E-state index < -0.39 is 5.92 Å². The van der Waals surface area contributed by atoms with Crippen molar-refractivity contribution in [1.29, 1.82) is 5.26 Å². The zero-order valence-corrected chi connectivity index (χ0v) is 17.9. The zero-order chi connectivity index (χ0) is 21.4. The Kier molecular flexibility index (Phi) is 5.14. The third kappa shape index (κ3) is 3.27. The van der Waals surface area contributed by atoms with Crippen LogP contribution in [0.2, 0.25) is 0 Å². The van der Waals surface area contributed by atoms with Crippen molar-refractivity contribution in [2.45, 2.75) is 19.4 Å². The summed E-state index contributed by atoms with van der Waals surface area (Å²) in [5.74, 6) is 0.747. The topological polar surface area (TPSA) is 103 Å². The van der Waals surface area contributed by atoms with E-state index in [1.54, 1.807) is 35.1 Å². The van der Waals surface area contributed by atoms with Crippen LogP contribution in [0.3, 0.4) is 0 Å². The van der Waals surface area contributed by atoms with Gasteiger partial charge in [-0.2, -0.15) is 5.26 Å². The highest BCUT2D eigenvalue weighted by atomic mass is 79.9. The Labute approximate surface area is 181 Å². The molecule has 0 unspecified atom stereocenters. The number of aromatic nitrogens is 1. The molecule has 0 saturated carbocycles. The highest BCUT2D eigenvalue weighted by molar-refractivity contribution is 9.10. The van der Waals surface area contributed by atoms with Crippen LogP contribution in [0.4, 0.5) is 0 Å². The van der Waals surface area contributed by atoms with Gasteiger partial charge in [0.25, 0.3) is 5.56 Å². The molecule has 2 N–H and O–H groups in total. The van der Waals surface area contributed by atoms with Gasteiger partial charge in [-0.1, -0.05) is 15.9 Å². The number of halogens is 1. The van der Waals surface area contributed by atoms with Crippen LogP contribution in [-0.2, 0) is 6.54 Å². The molecular weight excluding hydrogens is 450 g/mol. The predicted molar refractivity (Wildman–Crippen MR) is 113 cm³/mol. The monoisotopic (exact) mass is 467 g/mol. The summed E-state index contributed by atoms with van der Waals surface area (Å²) in [5.41, 5.74) is 7.59. The van der Waals surface area contributed by atoms with Crippen LogP contribution in [0.25, 0.3) is 0 Å². The first-order valence-corrected chi connectivity index (χ1v) is 9.91. The van der Waals surface area contributed by atoms with Crippen LogP contribution >= 0.6 is 15.9 Å². The lowest BCUT2D eigenvalue weighted by atomic mass is 9.83. The van der Waals surface area contributed by atoms with Crippen LogP contribution in [0.5, 0.6) is 11.5 Å². The minimum Gasteiger partial charge on any atom is -0.496 e. The second kappa shape index (κ2) is 7.76. The molecule has 7 nitrogen and oxygen atoms in total. The molecule has 152 valence electrons. The van der Waals surface area contributed by atoms with Gasteiger partial charge in [0.1, 0.15) is 28.9 Å². The first-order chi connectivity index (χ1) is 14.4. The van der Waals surface area contributed by atoms with Gasteiger partial charge in [0.15, 0.2) is 0 Å². The van der Waals surface area contributed by atoms with E-state index in [-0.39, 0.29) is 23.6 Å². The molecule has 30 heavy (non-hydrogen) atoms. The minimum atomic E-state index is -0.734.